The molecule has 0 unspecified atom stereocenters. The predicted molar refractivity (Wildman–Crippen MR) is 126 cm³/mol. The van der Waals surface area contributed by atoms with Crippen molar-refractivity contribution in [2.45, 2.75) is 66.0 Å². The van der Waals surface area contributed by atoms with E-state index in [1.807, 2.05) is 6.07 Å². The number of carbonyl (C=O) groups is 1. The number of hydrogen-bond acceptors (Lipinski definition) is 3. The van der Waals surface area contributed by atoms with E-state index in [0.29, 0.717) is 22.7 Å². The van der Waals surface area contributed by atoms with E-state index < -0.39 is 17.7 Å². The molecular weight excluding hydrogens is 427 g/mol. The maximum atomic E-state index is 13.4. The Morgan fingerprint density at radius 1 is 1.09 bits per heavy atom. The van der Waals surface area contributed by atoms with Crippen LogP contribution in [0.5, 0.6) is 0 Å². The second kappa shape index (κ2) is 10.4. The molecule has 0 heterocycles. The fourth-order valence-electron chi connectivity index (χ4n) is 4.58. The first-order valence-corrected chi connectivity index (χ1v) is 11.6. The van der Waals surface area contributed by atoms with E-state index in [9.17, 15) is 18.0 Å². The van der Waals surface area contributed by atoms with Crippen LogP contribution in [0, 0.1) is 12.8 Å². The highest BCUT2D eigenvalue weighted by Gasteiger charge is 2.33. The molecule has 1 saturated carbocycles. The topological polar surface area (TPSA) is 29.5 Å². The van der Waals surface area contributed by atoms with E-state index in [1.165, 1.54) is 11.6 Å². The lowest BCUT2D eigenvalue weighted by Crippen LogP contribution is -2.24. The SMILES string of the molecule is CCOC(=O)c1cccc(N(/C(=C(\C)CC)C2CCCC2)c2ccc(C(F)(F)F)cc2C)c1. The quantitative estimate of drug-likeness (QED) is 0.391. The van der Waals surface area contributed by atoms with Gasteiger partial charge in [0, 0.05) is 17.1 Å². The third-order valence-corrected chi connectivity index (χ3v) is 6.33. The molecule has 0 bridgehead atoms. The summed E-state index contributed by atoms with van der Waals surface area (Å²) in [5.41, 5.74) is 4.05. The molecule has 0 aromatic heterocycles. The first-order chi connectivity index (χ1) is 15.7. The molecule has 0 radical (unpaired) electrons. The molecule has 1 fully saturated rings. The van der Waals surface area contributed by atoms with Crippen LogP contribution in [-0.2, 0) is 10.9 Å². The molecular formula is C27H32F3NO2. The Hall–Kier alpha value is -2.76. The van der Waals surface area contributed by atoms with Crippen molar-refractivity contribution in [1.29, 1.82) is 0 Å². The summed E-state index contributed by atoms with van der Waals surface area (Å²) in [5, 5.41) is 0. The predicted octanol–water partition coefficient (Wildman–Crippen LogP) is 8.20. The molecule has 3 nitrogen and oxygen atoms in total. The number of rotatable bonds is 7. The third kappa shape index (κ3) is 5.60. The van der Waals surface area contributed by atoms with E-state index in [4.69, 9.17) is 4.74 Å². The molecule has 0 spiro atoms. The Bertz CT molecular complexity index is 1020. The third-order valence-electron chi connectivity index (χ3n) is 6.33. The summed E-state index contributed by atoms with van der Waals surface area (Å²) >= 11 is 0. The van der Waals surface area contributed by atoms with E-state index >= 15 is 0 Å². The lowest BCUT2D eigenvalue weighted by atomic mass is 9.94. The zero-order valence-corrected chi connectivity index (χ0v) is 19.8. The average molecular weight is 460 g/mol. The van der Waals surface area contributed by atoms with Crippen LogP contribution in [0.15, 0.2) is 53.7 Å². The average Bonchev–Trinajstić information content (AvgIpc) is 3.31. The Morgan fingerprint density at radius 3 is 2.36 bits per heavy atom. The summed E-state index contributed by atoms with van der Waals surface area (Å²) in [6.07, 6.45) is 0.781. The number of nitrogens with zero attached hydrogens (tertiary/aromatic N) is 1. The van der Waals surface area contributed by atoms with Crippen LogP contribution in [0.25, 0.3) is 0 Å². The summed E-state index contributed by atoms with van der Waals surface area (Å²) in [5.74, 6) is -0.0973. The van der Waals surface area contributed by atoms with Crippen molar-refractivity contribution in [3.05, 3.63) is 70.4 Å². The van der Waals surface area contributed by atoms with Crippen LogP contribution in [0.1, 0.15) is 74.4 Å². The minimum absolute atomic E-state index is 0.271. The van der Waals surface area contributed by atoms with Gasteiger partial charge >= 0.3 is 12.1 Å². The van der Waals surface area contributed by atoms with Gasteiger partial charge in [-0.2, -0.15) is 13.2 Å². The number of anilines is 2. The van der Waals surface area contributed by atoms with Crippen molar-refractivity contribution < 1.29 is 22.7 Å². The van der Waals surface area contributed by atoms with Crippen LogP contribution in [0.3, 0.4) is 0 Å². The van der Waals surface area contributed by atoms with Crippen LogP contribution < -0.4 is 4.90 Å². The number of benzene rings is 2. The number of ether oxygens (including phenoxy) is 1. The van der Waals surface area contributed by atoms with Crippen LogP contribution in [-0.4, -0.2) is 12.6 Å². The largest absolute Gasteiger partial charge is 0.462 e. The second-order valence-corrected chi connectivity index (χ2v) is 8.61. The Morgan fingerprint density at radius 2 is 1.79 bits per heavy atom. The molecule has 0 N–H and O–H groups in total. The number of alkyl halides is 3. The minimum atomic E-state index is -4.40. The smallest absolute Gasteiger partial charge is 0.416 e. The maximum absolute atomic E-state index is 13.4. The van der Waals surface area contributed by atoms with Gasteiger partial charge in [-0.3, -0.25) is 0 Å². The Balaban J connectivity index is 2.22. The molecule has 178 valence electrons. The number of halogens is 3. The lowest BCUT2D eigenvalue weighted by Gasteiger charge is -2.34. The molecule has 33 heavy (non-hydrogen) atoms. The van der Waals surface area contributed by atoms with Crippen LogP contribution in [0.2, 0.25) is 0 Å². The zero-order valence-electron chi connectivity index (χ0n) is 19.8. The van der Waals surface area contributed by atoms with Gasteiger partial charge in [0.25, 0.3) is 0 Å². The van der Waals surface area contributed by atoms with Gasteiger partial charge in [-0.15, -0.1) is 0 Å². The highest BCUT2D eigenvalue weighted by molar-refractivity contribution is 5.91. The summed E-state index contributed by atoms with van der Waals surface area (Å²) < 4.78 is 45.2. The summed E-state index contributed by atoms with van der Waals surface area (Å²) in [7, 11) is 0. The van der Waals surface area contributed by atoms with Gasteiger partial charge in [0.1, 0.15) is 0 Å². The first kappa shape index (κ1) is 24.9. The van der Waals surface area contributed by atoms with Crippen molar-refractivity contribution >= 4 is 17.3 Å². The first-order valence-electron chi connectivity index (χ1n) is 11.6. The standard InChI is InChI=1S/C27H32F3NO2/c1-5-18(3)25(20-10-7-8-11-20)31(23-13-9-12-21(17-23)26(32)33-6-2)24-15-14-22(16-19(24)4)27(28,29)30/h9,12-17,20H,5-8,10-11H2,1-4H3/b25-18+. The van der Waals surface area contributed by atoms with E-state index in [1.54, 1.807) is 38.1 Å². The van der Waals surface area contributed by atoms with Crippen molar-refractivity contribution in [2.75, 3.05) is 11.5 Å². The number of aryl methyl sites for hydroxylation is 1. The Kier molecular flexibility index (Phi) is 7.88. The molecule has 3 rings (SSSR count). The number of hydrogen-bond donors (Lipinski definition) is 0. The maximum Gasteiger partial charge on any atom is 0.416 e. The molecule has 6 heteroatoms. The summed E-state index contributed by atoms with van der Waals surface area (Å²) in [4.78, 5) is 14.5. The highest BCUT2D eigenvalue weighted by atomic mass is 19.4. The Labute approximate surface area is 194 Å². The number of allylic oxidation sites excluding steroid dienone is 2. The van der Waals surface area contributed by atoms with E-state index in [0.717, 1.165) is 49.6 Å². The zero-order chi connectivity index (χ0) is 24.2. The second-order valence-electron chi connectivity index (χ2n) is 8.61. The molecule has 0 saturated heterocycles. The summed E-state index contributed by atoms with van der Waals surface area (Å²) in [6, 6.07) is 11.0. The van der Waals surface area contributed by atoms with Gasteiger partial charge in [0.2, 0.25) is 0 Å². The van der Waals surface area contributed by atoms with Crippen molar-refractivity contribution in [1.82, 2.24) is 0 Å². The molecule has 1 aliphatic carbocycles. The molecule has 0 amide bonds. The minimum Gasteiger partial charge on any atom is -0.462 e. The molecule has 1 aliphatic rings. The van der Waals surface area contributed by atoms with E-state index in [2.05, 4.69) is 18.7 Å². The normalized spacial score (nSPS) is 15.4. The van der Waals surface area contributed by atoms with Crippen molar-refractivity contribution in [2.24, 2.45) is 5.92 Å². The van der Waals surface area contributed by atoms with Gasteiger partial charge in [0.05, 0.1) is 17.7 Å². The molecule has 2 aromatic rings. The molecule has 2 aromatic carbocycles. The van der Waals surface area contributed by atoms with Gasteiger partial charge in [-0.1, -0.05) is 31.4 Å². The number of esters is 1. The molecule has 0 aliphatic heterocycles. The van der Waals surface area contributed by atoms with E-state index in [-0.39, 0.29) is 6.61 Å². The molecule has 0 atom stereocenters. The van der Waals surface area contributed by atoms with Gasteiger partial charge in [-0.25, -0.2) is 4.79 Å². The van der Waals surface area contributed by atoms with Crippen molar-refractivity contribution in [3.63, 3.8) is 0 Å². The van der Waals surface area contributed by atoms with Crippen LogP contribution >= 0.6 is 0 Å². The summed E-state index contributed by atoms with van der Waals surface area (Å²) in [6.45, 7) is 7.92. The fourth-order valence-corrected chi connectivity index (χ4v) is 4.58. The highest BCUT2D eigenvalue weighted by Crippen LogP contribution is 2.43. The lowest BCUT2D eigenvalue weighted by molar-refractivity contribution is -0.137. The fraction of sp³-hybridized carbons (Fsp3) is 0.444. The van der Waals surface area contributed by atoms with Crippen LogP contribution in [0.4, 0.5) is 24.5 Å². The van der Waals surface area contributed by atoms with Gasteiger partial charge in [0.15, 0.2) is 0 Å². The number of carbonyl (C=O) groups excluding carboxylic acids is 1. The monoisotopic (exact) mass is 459 g/mol. The van der Waals surface area contributed by atoms with Gasteiger partial charge in [-0.05, 0) is 87.9 Å². The van der Waals surface area contributed by atoms with Crippen molar-refractivity contribution in [3.8, 4) is 0 Å². The van der Waals surface area contributed by atoms with Gasteiger partial charge < -0.3 is 9.64 Å².